The number of aliphatic hydroxyl groups is 2. The van der Waals surface area contributed by atoms with Crippen molar-refractivity contribution in [1.29, 1.82) is 0 Å². The maximum absolute atomic E-state index is 12.6. The summed E-state index contributed by atoms with van der Waals surface area (Å²) in [5.74, 6) is -5.28. The van der Waals surface area contributed by atoms with Crippen LogP contribution in [0.1, 0.15) is 51.9 Å². The number of carbonyl (C=O) groups is 5. The van der Waals surface area contributed by atoms with Crippen LogP contribution in [0.4, 0.5) is 0 Å². The Labute approximate surface area is 273 Å². The van der Waals surface area contributed by atoms with E-state index in [0.29, 0.717) is 12.8 Å². The van der Waals surface area contributed by atoms with Gasteiger partial charge in [0.25, 0.3) is 0 Å². The van der Waals surface area contributed by atoms with E-state index in [2.05, 4.69) is 10.6 Å². The van der Waals surface area contributed by atoms with Gasteiger partial charge in [0.2, 0.25) is 11.8 Å². The van der Waals surface area contributed by atoms with Crippen LogP contribution < -0.4 is 16.4 Å². The summed E-state index contributed by atoms with van der Waals surface area (Å²) in [4.78, 5) is 57.9. The molecule has 14 heteroatoms. The van der Waals surface area contributed by atoms with Gasteiger partial charge < -0.3 is 41.9 Å². The molecule has 0 heterocycles. The number of thioether (sulfide) groups is 1. The van der Waals surface area contributed by atoms with Crippen LogP contribution in [0.3, 0.4) is 0 Å². The van der Waals surface area contributed by atoms with E-state index in [1.807, 2.05) is 37.3 Å². The fourth-order valence-electron chi connectivity index (χ4n) is 3.45. The summed E-state index contributed by atoms with van der Waals surface area (Å²) in [7, 11) is 0. The highest BCUT2D eigenvalue weighted by molar-refractivity contribution is 8.00. The van der Waals surface area contributed by atoms with E-state index in [1.54, 1.807) is 42.5 Å². The number of hydrogen-bond donors (Lipinski definition) is 8. The second kappa shape index (κ2) is 26.3. The number of allylic oxidation sites excluding steroid dienone is 9. The first-order valence-corrected chi connectivity index (χ1v) is 15.9. The minimum absolute atomic E-state index is 0.0798. The van der Waals surface area contributed by atoms with Crippen LogP contribution in [-0.2, 0) is 24.0 Å². The molecular weight excluding hydrogens is 618 g/mol. The second-order valence-electron chi connectivity index (χ2n) is 9.94. The fraction of sp³-hybridized carbons (Fsp3) is 0.469. The molecule has 0 fully saturated rings. The number of aliphatic carboxylic acids is 3. The number of rotatable bonds is 25. The number of hydrogen-bond acceptors (Lipinski definition) is 9. The Kier molecular flexibility index (Phi) is 24.0. The van der Waals surface area contributed by atoms with Crippen molar-refractivity contribution in [3.63, 3.8) is 0 Å². The predicted octanol–water partition coefficient (Wildman–Crippen LogP) is 2.08. The second-order valence-corrected chi connectivity index (χ2v) is 11.2. The topological polar surface area (TPSA) is 237 Å². The zero-order chi connectivity index (χ0) is 34.7. The molecule has 0 aliphatic carbocycles. The van der Waals surface area contributed by atoms with Crippen LogP contribution in [0.2, 0.25) is 0 Å². The fourth-order valence-corrected chi connectivity index (χ4v) is 4.66. The van der Waals surface area contributed by atoms with Crippen molar-refractivity contribution in [3.05, 3.63) is 72.9 Å². The van der Waals surface area contributed by atoms with Gasteiger partial charge in [-0.05, 0) is 32.1 Å². The van der Waals surface area contributed by atoms with Gasteiger partial charge in [-0.2, -0.15) is 0 Å². The summed E-state index contributed by atoms with van der Waals surface area (Å²) >= 11 is 1.05. The van der Waals surface area contributed by atoms with E-state index in [0.717, 1.165) is 18.2 Å². The SMILES string of the molecule is CC/C=C\C[C@H](O)/C=C/C=C\C\C=C/C=C/C=C/[C@@H](SC[C@H](NC(=O)CC[C@H](N)C(=O)O)C(=O)NCC(=O)O)[C@@H](O)CCC(=O)O. The maximum atomic E-state index is 12.6. The normalized spacial score (nSPS) is 15.6. The lowest BCUT2D eigenvalue weighted by Crippen LogP contribution is -2.50. The van der Waals surface area contributed by atoms with Crippen LogP contribution in [0.15, 0.2) is 72.9 Å². The molecule has 9 N–H and O–H groups in total. The van der Waals surface area contributed by atoms with Gasteiger partial charge in [-0.3, -0.25) is 24.0 Å². The van der Waals surface area contributed by atoms with E-state index in [1.165, 1.54) is 0 Å². The zero-order valence-corrected chi connectivity index (χ0v) is 26.8. The molecule has 0 aliphatic heterocycles. The lowest BCUT2D eigenvalue weighted by Gasteiger charge is -2.23. The van der Waals surface area contributed by atoms with Gasteiger partial charge in [0.05, 0.1) is 12.2 Å². The smallest absolute Gasteiger partial charge is 0.322 e. The Morgan fingerprint density at radius 3 is 2.09 bits per heavy atom. The number of aliphatic hydroxyl groups excluding tert-OH is 2. The predicted molar refractivity (Wildman–Crippen MR) is 177 cm³/mol. The molecular formula is C32H47N3O10S. The van der Waals surface area contributed by atoms with Crippen molar-refractivity contribution in [2.45, 2.75) is 81.4 Å². The van der Waals surface area contributed by atoms with Crippen molar-refractivity contribution in [1.82, 2.24) is 10.6 Å². The molecule has 46 heavy (non-hydrogen) atoms. The zero-order valence-electron chi connectivity index (χ0n) is 25.9. The van der Waals surface area contributed by atoms with Gasteiger partial charge in [0.15, 0.2) is 0 Å². The molecule has 0 unspecified atom stereocenters. The van der Waals surface area contributed by atoms with E-state index < -0.39 is 65.8 Å². The minimum Gasteiger partial charge on any atom is -0.481 e. The summed E-state index contributed by atoms with van der Waals surface area (Å²) in [6.45, 7) is 1.33. The summed E-state index contributed by atoms with van der Waals surface area (Å²) in [5, 5.41) is 51.2. The number of amides is 2. The highest BCUT2D eigenvalue weighted by Crippen LogP contribution is 2.21. The van der Waals surface area contributed by atoms with E-state index in [4.69, 9.17) is 21.1 Å². The van der Waals surface area contributed by atoms with E-state index >= 15 is 0 Å². The molecule has 0 saturated carbocycles. The molecule has 0 aromatic heterocycles. The molecule has 2 amide bonds. The first-order chi connectivity index (χ1) is 21.9. The van der Waals surface area contributed by atoms with Gasteiger partial charge in [-0.1, -0.05) is 79.8 Å². The summed E-state index contributed by atoms with van der Waals surface area (Å²) < 4.78 is 0. The lowest BCUT2D eigenvalue weighted by molar-refractivity contribution is -0.139. The molecule has 0 aliphatic rings. The average molecular weight is 666 g/mol. The molecule has 0 rings (SSSR count). The standard InChI is InChI=1S/C32H47N3O10S/c1-2-3-11-14-23(36)15-12-9-7-5-4-6-8-10-13-16-27(26(37)18-20-29(39)40)46-22-25(31(43)34-21-30(41)42)35-28(38)19-17-24(33)32(44)45/h3-4,6-13,15-16,23-27,36-37H,2,5,14,17-22,33H2,1H3,(H,34,43)(H,35,38)(H,39,40)(H,41,42)(H,44,45)/b6-4-,9-7-,10-8+,11-3-,15-12+,16-13+/t23-,24-,25-,26-,27+/m0/s1. The molecule has 5 atom stereocenters. The summed E-state index contributed by atoms with van der Waals surface area (Å²) in [5.41, 5.74) is 5.42. The Morgan fingerprint density at radius 2 is 1.46 bits per heavy atom. The van der Waals surface area contributed by atoms with Gasteiger partial charge in [0, 0.05) is 23.8 Å². The highest BCUT2D eigenvalue weighted by atomic mass is 32.2. The highest BCUT2D eigenvalue weighted by Gasteiger charge is 2.26. The number of carboxylic acids is 3. The largest absolute Gasteiger partial charge is 0.481 e. The molecule has 0 radical (unpaired) electrons. The Hall–Kier alpha value is -3.98. The summed E-state index contributed by atoms with van der Waals surface area (Å²) in [6.07, 6.45) is 21.2. The van der Waals surface area contributed by atoms with Crippen LogP contribution in [0.5, 0.6) is 0 Å². The Balaban J connectivity index is 5.32. The van der Waals surface area contributed by atoms with Crippen LogP contribution in [-0.4, -0.2) is 97.1 Å². The van der Waals surface area contributed by atoms with Crippen LogP contribution >= 0.6 is 11.8 Å². The lowest BCUT2D eigenvalue weighted by atomic mass is 10.1. The third-order valence-corrected chi connectivity index (χ3v) is 7.34. The quantitative estimate of drug-likeness (QED) is 0.0517. The monoisotopic (exact) mass is 665 g/mol. The average Bonchev–Trinajstić information content (AvgIpc) is 3.00. The van der Waals surface area contributed by atoms with Gasteiger partial charge in [-0.15, -0.1) is 11.8 Å². The summed E-state index contributed by atoms with van der Waals surface area (Å²) in [6, 6.07) is -2.51. The molecule has 0 aromatic rings. The minimum atomic E-state index is -1.30. The van der Waals surface area contributed by atoms with Crippen molar-refractivity contribution >= 4 is 41.5 Å². The van der Waals surface area contributed by atoms with Crippen LogP contribution in [0, 0.1) is 0 Å². The van der Waals surface area contributed by atoms with Gasteiger partial charge in [0.1, 0.15) is 18.6 Å². The molecule has 0 bridgehead atoms. The van der Waals surface area contributed by atoms with Gasteiger partial charge in [-0.25, -0.2) is 0 Å². The third kappa shape index (κ3) is 23.4. The number of nitrogens with one attached hydrogen (secondary N) is 2. The Bertz CT molecular complexity index is 1130. The maximum Gasteiger partial charge on any atom is 0.322 e. The van der Waals surface area contributed by atoms with Crippen LogP contribution in [0.25, 0.3) is 0 Å². The van der Waals surface area contributed by atoms with E-state index in [9.17, 15) is 34.2 Å². The molecule has 0 spiro atoms. The van der Waals surface area contributed by atoms with Crippen molar-refractivity contribution in [2.24, 2.45) is 5.73 Å². The first-order valence-electron chi connectivity index (χ1n) is 14.8. The molecule has 256 valence electrons. The molecule has 0 saturated heterocycles. The third-order valence-electron chi connectivity index (χ3n) is 5.96. The first kappa shape index (κ1) is 42.0. The molecule has 0 aromatic carbocycles. The number of carbonyl (C=O) groups excluding carboxylic acids is 2. The van der Waals surface area contributed by atoms with Crippen molar-refractivity contribution in [3.8, 4) is 0 Å². The molecule has 13 nitrogen and oxygen atoms in total. The van der Waals surface area contributed by atoms with Crippen molar-refractivity contribution in [2.75, 3.05) is 12.3 Å². The van der Waals surface area contributed by atoms with Crippen molar-refractivity contribution < 1.29 is 49.5 Å². The number of carboxylic acid groups (broad SMARTS) is 3. The van der Waals surface area contributed by atoms with E-state index in [-0.39, 0.29) is 31.4 Å². The Morgan fingerprint density at radius 1 is 0.804 bits per heavy atom. The van der Waals surface area contributed by atoms with Gasteiger partial charge >= 0.3 is 17.9 Å². The number of nitrogens with two attached hydrogens (primary N) is 1.